The van der Waals surface area contributed by atoms with E-state index >= 15 is 0 Å². The van der Waals surface area contributed by atoms with Crippen LogP contribution in [0.3, 0.4) is 0 Å². The van der Waals surface area contributed by atoms with Crippen LogP contribution in [0.1, 0.15) is 10.4 Å². The van der Waals surface area contributed by atoms with Gasteiger partial charge in [-0.2, -0.15) is 0 Å². The van der Waals surface area contributed by atoms with E-state index in [4.69, 9.17) is 4.74 Å². The Labute approximate surface area is 148 Å². The summed E-state index contributed by atoms with van der Waals surface area (Å²) < 4.78 is 56.2. The average Bonchev–Trinajstić information content (AvgIpc) is 2.63. The van der Waals surface area contributed by atoms with Crippen LogP contribution in [0.15, 0.2) is 47.4 Å². The molecule has 0 bridgehead atoms. The van der Waals surface area contributed by atoms with Gasteiger partial charge in [-0.1, -0.05) is 6.07 Å². The molecule has 0 heterocycles. The Bertz CT molecular complexity index is 947. The summed E-state index contributed by atoms with van der Waals surface area (Å²) in [6, 6.07) is 7.82. The number of hydrogen-bond acceptors (Lipinski definition) is 5. The van der Waals surface area contributed by atoms with Crippen molar-refractivity contribution in [3.05, 3.63) is 59.7 Å². The highest BCUT2D eigenvalue weighted by atomic mass is 32.2. The number of carbonyl (C=O) groups excluding carboxylic acids is 2. The zero-order valence-corrected chi connectivity index (χ0v) is 14.3. The monoisotopic (exact) mass is 384 g/mol. The maximum absolute atomic E-state index is 13.1. The number of halogens is 2. The molecule has 2 aromatic rings. The minimum Gasteiger partial charge on any atom is -0.452 e. The highest BCUT2D eigenvalue weighted by Crippen LogP contribution is 2.14. The molecule has 7 nitrogen and oxygen atoms in total. The van der Waals surface area contributed by atoms with Crippen molar-refractivity contribution in [1.82, 2.24) is 4.72 Å². The van der Waals surface area contributed by atoms with E-state index < -0.39 is 40.1 Å². The second-order valence-corrected chi connectivity index (χ2v) is 6.88. The number of hydrogen-bond donors (Lipinski definition) is 2. The summed E-state index contributed by atoms with van der Waals surface area (Å²) in [6.45, 7) is -0.694. The van der Waals surface area contributed by atoms with Gasteiger partial charge in [-0.25, -0.2) is 26.7 Å². The summed E-state index contributed by atoms with van der Waals surface area (Å²) in [5.41, 5.74) is -0.0750. The van der Waals surface area contributed by atoms with Crippen LogP contribution in [-0.2, 0) is 19.6 Å². The number of ether oxygens (including phenoxy) is 1. The normalized spacial score (nSPS) is 11.0. The molecule has 10 heteroatoms. The van der Waals surface area contributed by atoms with Gasteiger partial charge < -0.3 is 10.1 Å². The van der Waals surface area contributed by atoms with Gasteiger partial charge in [-0.3, -0.25) is 4.79 Å². The maximum atomic E-state index is 13.1. The lowest BCUT2D eigenvalue weighted by Gasteiger charge is -2.08. The third-order valence-corrected chi connectivity index (χ3v) is 4.60. The van der Waals surface area contributed by atoms with E-state index in [0.29, 0.717) is 0 Å². The molecule has 2 rings (SSSR count). The lowest BCUT2D eigenvalue weighted by molar-refractivity contribution is -0.119. The molecule has 0 saturated carbocycles. The molecule has 0 aliphatic carbocycles. The number of anilines is 1. The fraction of sp³-hybridized carbons (Fsp3) is 0.125. The summed E-state index contributed by atoms with van der Waals surface area (Å²) in [7, 11) is -2.51. The summed E-state index contributed by atoms with van der Waals surface area (Å²) in [4.78, 5) is 23.5. The van der Waals surface area contributed by atoms with E-state index in [-0.39, 0.29) is 16.1 Å². The van der Waals surface area contributed by atoms with E-state index in [2.05, 4.69) is 10.0 Å². The fourth-order valence-corrected chi connectivity index (χ4v) is 2.67. The Morgan fingerprint density at radius 2 is 1.81 bits per heavy atom. The highest BCUT2D eigenvalue weighted by molar-refractivity contribution is 7.89. The Balaban J connectivity index is 1.99. The Kier molecular flexibility index (Phi) is 6.01. The van der Waals surface area contributed by atoms with Gasteiger partial charge in [-0.15, -0.1) is 0 Å². The third-order valence-electron chi connectivity index (χ3n) is 3.19. The zero-order chi connectivity index (χ0) is 19.3. The van der Waals surface area contributed by atoms with Gasteiger partial charge in [0, 0.05) is 11.8 Å². The molecular weight excluding hydrogens is 370 g/mol. The van der Waals surface area contributed by atoms with Crippen molar-refractivity contribution in [2.24, 2.45) is 0 Å². The molecule has 0 spiro atoms. The predicted octanol–water partition coefficient (Wildman–Crippen LogP) is 1.67. The fourth-order valence-electron chi connectivity index (χ4n) is 1.89. The summed E-state index contributed by atoms with van der Waals surface area (Å²) in [5, 5.41) is 2.23. The standard InChI is InChI=1S/C16H14F2N2O5S/c1-19-26(23,24)12-4-2-3-10(7-12)16(22)25-9-15(21)20-11-5-6-13(17)14(18)8-11/h2-8,19H,9H2,1H3,(H,20,21). The van der Waals surface area contributed by atoms with Crippen LogP contribution < -0.4 is 10.0 Å². The van der Waals surface area contributed by atoms with Gasteiger partial charge in [0.25, 0.3) is 5.91 Å². The van der Waals surface area contributed by atoms with E-state index in [0.717, 1.165) is 24.3 Å². The maximum Gasteiger partial charge on any atom is 0.338 e. The van der Waals surface area contributed by atoms with E-state index in [1.54, 1.807) is 0 Å². The molecule has 138 valence electrons. The molecule has 1 amide bonds. The van der Waals surface area contributed by atoms with Gasteiger partial charge in [-0.05, 0) is 37.4 Å². The number of sulfonamides is 1. The molecule has 0 fully saturated rings. The van der Waals surface area contributed by atoms with Gasteiger partial charge in [0.2, 0.25) is 10.0 Å². The van der Waals surface area contributed by atoms with Crippen molar-refractivity contribution in [3.63, 3.8) is 0 Å². The second-order valence-electron chi connectivity index (χ2n) is 4.99. The molecule has 0 aromatic heterocycles. The quantitative estimate of drug-likeness (QED) is 0.738. The first kappa shape index (κ1) is 19.5. The minimum absolute atomic E-state index is 0.00735. The number of nitrogens with one attached hydrogen (secondary N) is 2. The summed E-state index contributed by atoms with van der Waals surface area (Å²) >= 11 is 0. The molecule has 26 heavy (non-hydrogen) atoms. The first-order valence-electron chi connectivity index (χ1n) is 7.18. The Hall–Kier alpha value is -2.85. The lowest BCUT2D eigenvalue weighted by atomic mass is 10.2. The van der Waals surface area contributed by atoms with E-state index in [9.17, 15) is 26.8 Å². The molecule has 2 aromatic carbocycles. The molecule has 0 aliphatic rings. The third kappa shape index (κ3) is 4.83. The SMILES string of the molecule is CNS(=O)(=O)c1cccc(C(=O)OCC(=O)Nc2ccc(F)c(F)c2)c1. The summed E-state index contributed by atoms with van der Waals surface area (Å²) in [6.07, 6.45) is 0. The van der Waals surface area contributed by atoms with Crippen LogP contribution >= 0.6 is 0 Å². The lowest BCUT2D eigenvalue weighted by Crippen LogP contribution is -2.22. The number of rotatable bonds is 6. The molecular formula is C16H14F2N2O5S. The van der Waals surface area contributed by atoms with Crippen molar-refractivity contribution in [2.75, 3.05) is 19.0 Å². The topological polar surface area (TPSA) is 102 Å². The van der Waals surface area contributed by atoms with E-state index in [1.807, 2.05) is 0 Å². The molecule has 0 saturated heterocycles. The van der Waals surface area contributed by atoms with Crippen molar-refractivity contribution < 1.29 is 31.5 Å². The Morgan fingerprint density at radius 1 is 1.08 bits per heavy atom. The van der Waals surface area contributed by atoms with Crippen LogP contribution in [-0.4, -0.2) is 33.9 Å². The van der Waals surface area contributed by atoms with Gasteiger partial charge >= 0.3 is 5.97 Å². The molecule has 0 atom stereocenters. The molecule has 0 radical (unpaired) electrons. The van der Waals surface area contributed by atoms with Crippen LogP contribution in [0.5, 0.6) is 0 Å². The van der Waals surface area contributed by atoms with Crippen molar-refractivity contribution in [1.29, 1.82) is 0 Å². The van der Waals surface area contributed by atoms with Gasteiger partial charge in [0.05, 0.1) is 10.5 Å². The average molecular weight is 384 g/mol. The smallest absolute Gasteiger partial charge is 0.338 e. The van der Waals surface area contributed by atoms with Crippen molar-refractivity contribution >= 4 is 27.6 Å². The zero-order valence-electron chi connectivity index (χ0n) is 13.5. The summed E-state index contributed by atoms with van der Waals surface area (Å²) in [5.74, 6) is -3.89. The largest absolute Gasteiger partial charge is 0.452 e. The van der Waals surface area contributed by atoms with Gasteiger partial charge in [0.1, 0.15) is 0 Å². The van der Waals surface area contributed by atoms with Crippen molar-refractivity contribution in [3.8, 4) is 0 Å². The van der Waals surface area contributed by atoms with Gasteiger partial charge in [0.15, 0.2) is 18.2 Å². The predicted molar refractivity (Wildman–Crippen MR) is 88.0 cm³/mol. The van der Waals surface area contributed by atoms with Crippen molar-refractivity contribution in [2.45, 2.75) is 4.90 Å². The molecule has 0 aliphatic heterocycles. The number of benzene rings is 2. The van der Waals surface area contributed by atoms with E-state index in [1.165, 1.54) is 25.2 Å². The first-order valence-corrected chi connectivity index (χ1v) is 8.67. The number of esters is 1. The number of carbonyl (C=O) groups is 2. The van der Waals surface area contributed by atoms with Crippen LogP contribution in [0.25, 0.3) is 0 Å². The number of amides is 1. The molecule has 2 N–H and O–H groups in total. The minimum atomic E-state index is -3.74. The first-order chi connectivity index (χ1) is 12.2. The second kappa shape index (κ2) is 8.02. The Morgan fingerprint density at radius 3 is 2.46 bits per heavy atom. The highest BCUT2D eigenvalue weighted by Gasteiger charge is 2.16. The van der Waals surface area contributed by atoms with Crippen LogP contribution in [0, 0.1) is 11.6 Å². The van der Waals surface area contributed by atoms with Crippen LogP contribution in [0.4, 0.5) is 14.5 Å². The molecule has 0 unspecified atom stereocenters. The van der Waals surface area contributed by atoms with Crippen LogP contribution in [0.2, 0.25) is 0 Å².